The molecule has 0 bridgehead atoms. The number of para-hydroxylation sites is 1. The summed E-state index contributed by atoms with van der Waals surface area (Å²) in [7, 11) is 1.61. The highest BCUT2D eigenvalue weighted by Gasteiger charge is 2.14. The fourth-order valence-corrected chi connectivity index (χ4v) is 2.94. The molecule has 0 fully saturated rings. The van der Waals surface area contributed by atoms with Crippen LogP contribution in [0.25, 0.3) is 0 Å². The molecule has 0 heterocycles. The first-order valence-electron chi connectivity index (χ1n) is 9.77. The Labute approximate surface area is 181 Å². The Morgan fingerprint density at radius 2 is 1.61 bits per heavy atom. The number of anilines is 1. The van der Waals surface area contributed by atoms with Gasteiger partial charge in [-0.15, -0.1) is 0 Å². The number of methoxy groups -OCH3 is 1. The molecule has 31 heavy (non-hydrogen) atoms. The largest absolute Gasteiger partial charge is 0.497 e. The number of nitrogens with one attached hydrogen (secondary N) is 1. The van der Waals surface area contributed by atoms with E-state index in [2.05, 4.69) is 5.32 Å². The molecule has 0 aliphatic rings. The number of rotatable bonds is 8. The fourth-order valence-electron chi connectivity index (χ4n) is 2.94. The molecule has 1 amide bonds. The van der Waals surface area contributed by atoms with Crippen molar-refractivity contribution < 1.29 is 19.1 Å². The third kappa shape index (κ3) is 6.18. The fraction of sp³-hybridized carbons (Fsp3) is 0.160. The lowest BCUT2D eigenvalue weighted by Gasteiger charge is -2.11. The van der Waals surface area contributed by atoms with Crippen LogP contribution in [0, 0.1) is 11.3 Å². The minimum absolute atomic E-state index is 0.0737. The molecule has 0 aliphatic carbocycles. The van der Waals surface area contributed by atoms with Gasteiger partial charge in [0.1, 0.15) is 12.4 Å². The molecule has 0 saturated heterocycles. The molecule has 0 spiro atoms. The van der Waals surface area contributed by atoms with Crippen molar-refractivity contribution in [3.05, 3.63) is 95.1 Å². The van der Waals surface area contributed by atoms with Gasteiger partial charge in [-0.1, -0.05) is 36.4 Å². The second kappa shape index (κ2) is 10.6. The van der Waals surface area contributed by atoms with Gasteiger partial charge in [0, 0.05) is 6.42 Å². The summed E-state index contributed by atoms with van der Waals surface area (Å²) in [6.45, 7) is 0.0737. The van der Waals surface area contributed by atoms with Crippen LogP contribution in [0.2, 0.25) is 0 Å². The van der Waals surface area contributed by atoms with Crippen molar-refractivity contribution in [2.75, 3.05) is 12.4 Å². The SMILES string of the molecule is COc1ccc(CCC(=O)Nc2ccccc2C(=O)OCc2ccc(C#N)cc2)cc1. The van der Waals surface area contributed by atoms with E-state index in [4.69, 9.17) is 14.7 Å². The normalized spacial score (nSPS) is 10.1. The lowest BCUT2D eigenvalue weighted by molar-refractivity contribution is -0.116. The third-order valence-electron chi connectivity index (χ3n) is 4.67. The predicted molar refractivity (Wildman–Crippen MR) is 117 cm³/mol. The second-order valence-corrected chi connectivity index (χ2v) is 6.83. The van der Waals surface area contributed by atoms with Crippen LogP contribution in [0.1, 0.15) is 33.5 Å². The van der Waals surface area contributed by atoms with Crippen LogP contribution in [-0.4, -0.2) is 19.0 Å². The number of carbonyl (C=O) groups is 2. The minimum Gasteiger partial charge on any atom is -0.497 e. The topological polar surface area (TPSA) is 88.4 Å². The van der Waals surface area contributed by atoms with Crippen molar-refractivity contribution in [1.82, 2.24) is 0 Å². The summed E-state index contributed by atoms with van der Waals surface area (Å²) in [6, 6.07) is 23.1. The third-order valence-corrected chi connectivity index (χ3v) is 4.67. The number of hydrogen-bond acceptors (Lipinski definition) is 5. The summed E-state index contributed by atoms with van der Waals surface area (Å²) in [4.78, 5) is 25.0. The number of nitriles is 1. The average molecular weight is 414 g/mol. The van der Waals surface area contributed by atoms with E-state index in [-0.39, 0.29) is 24.5 Å². The maximum absolute atomic E-state index is 12.5. The molecule has 1 N–H and O–H groups in total. The van der Waals surface area contributed by atoms with Crippen LogP contribution >= 0.6 is 0 Å². The molecular formula is C25H22N2O4. The number of hydrogen-bond donors (Lipinski definition) is 1. The van der Waals surface area contributed by atoms with Crippen molar-refractivity contribution >= 4 is 17.6 Å². The van der Waals surface area contributed by atoms with Crippen LogP contribution in [0.15, 0.2) is 72.8 Å². The van der Waals surface area contributed by atoms with Gasteiger partial charge in [0.25, 0.3) is 0 Å². The molecule has 6 nitrogen and oxygen atoms in total. The molecule has 0 radical (unpaired) electrons. The summed E-state index contributed by atoms with van der Waals surface area (Å²) in [5.41, 5.74) is 3.03. The van der Waals surface area contributed by atoms with E-state index in [0.29, 0.717) is 17.7 Å². The van der Waals surface area contributed by atoms with Gasteiger partial charge in [0.15, 0.2) is 0 Å². The van der Waals surface area contributed by atoms with E-state index in [9.17, 15) is 9.59 Å². The molecule has 0 unspecified atom stereocenters. The molecule has 6 heteroatoms. The van der Waals surface area contributed by atoms with E-state index in [1.165, 1.54) is 0 Å². The van der Waals surface area contributed by atoms with Gasteiger partial charge >= 0.3 is 5.97 Å². The number of aryl methyl sites for hydroxylation is 1. The van der Waals surface area contributed by atoms with Crippen molar-refractivity contribution in [2.24, 2.45) is 0 Å². The Morgan fingerprint density at radius 1 is 0.935 bits per heavy atom. The van der Waals surface area contributed by atoms with Crippen molar-refractivity contribution in [3.8, 4) is 11.8 Å². The van der Waals surface area contributed by atoms with Crippen molar-refractivity contribution in [3.63, 3.8) is 0 Å². The highest BCUT2D eigenvalue weighted by atomic mass is 16.5. The zero-order valence-electron chi connectivity index (χ0n) is 17.1. The van der Waals surface area contributed by atoms with E-state index >= 15 is 0 Å². The zero-order chi connectivity index (χ0) is 22.1. The number of esters is 1. The Balaban J connectivity index is 1.57. The maximum atomic E-state index is 12.5. The maximum Gasteiger partial charge on any atom is 0.340 e. The standard InChI is InChI=1S/C25H22N2O4/c1-30-21-13-10-18(11-14-21)12-15-24(28)27-23-5-3-2-4-22(23)25(29)31-17-20-8-6-19(16-26)7-9-20/h2-11,13-14H,12,15,17H2,1H3,(H,27,28). The van der Waals surface area contributed by atoms with E-state index in [1.54, 1.807) is 55.6 Å². The Kier molecular flexibility index (Phi) is 7.39. The first-order chi connectivity index (χ1) is 15.1. The molecule has 0 saturated carbocycles. The lowest BCUT2D eigenvalue weighted by Crippen LogP contribution is -2.16. The van der Waals surface area contributed by atoms with Crippen LogP contribution in [-0.2, 0) is 22.6 Å². The van der Waals surface area contributed by atoms with Gasteiger partial charge in [-0.05, 0) is 53.9 Å². The molecule has 3 aromatic rings. The molecular weight excluding hydrogens is 392 g/mol. The number of benzene rings is 3. The summed E-state index contributed by atoms with van der Waals surface area (Å²) in [5.74, 6) is 0.0419. The van der Waals surface area contributed by atoms with Crippen LogP contribution < -0.4 is 10.1 Å². The van der Waals surface area contributed by atoms with Gasteiger partial charge < -0.3 is 14.8 Å². The van der Waals surface area contributed by atoms with Gasteiger partial charge in [-0.25, -0.2) is 4.79 Å². The highest BCUT2D eigenvalue weighted by molar-refractivity contribution is 6.01. The predicted octanol–water partition coefficient (Wildman–Crippen LogP) is 4.50. The summed E-state index contributed by atoms with van der Waals surface area (Å²) < 4.78 is 10.5. The van der Waals surface area contributed by atoms with Gasteiger partial charge in [0.05, 0.1) is 30.0 Å². The number of nitrogens with zero attached hydrogens (tertiary/aromatic N) is 1. The smallest absolute Gasteiger partial charge is 0.340 e. The number of ether oxygens (including phenoxy) is 2. The highest BCUT2D eigenvalue weighted by Crippen LogP contribution is 2.18. The minimum atomic E-state index is -0.532. The van der Waals surface area contributed by atoms with Crippen LogP contribution in [0.5, 0.6) is 5.75 Å². The number of carbonyl (C=O) groups excluding carboxylic acids is 2. The molecule has 0 aliphatic heterocycles. The molecule has 0 aromatic heterocycles. The quantitative estimate of drug-likeness (QED) is 0.549. The summed E-state index contributed by atoms with van der Waals surface area (Å²) in [6.07, 6.45) is 0.849. The monoisotopic (exact) mass is 414 g/mol. The molecule has 3 aromatic carbocycles. The Hall–Kier alpha value is -4.11. The van der Waals surface area contributed by atoms with E-state index in [0.717, 1.165) is 16.9 Å². The lowest BCUT2D eigenvalue weighted by atomic mass is 10.1. The number of amides is 1. The second-order valence-electron chi connectivity index (χ2n) is 6.83. The van der Waals surface area contributed by atoms with Gasteiger partial charge in [-0.2, -0.15) is 5.26 Å². The first kappa shape index (κ1) is 21.6. The molecule has 156 valence electrons. The van der Waals surface area contributed by atoms with Crippen molar-refractivity contribution in [2.45, 2.75) is 19.4 Å². The first-order valence-corrected chi connectivity index (χ1v) is 9.77. The average Bonchev–Trinajstić information content (AvgIpc) is 2.82. The molecule has 0 atom stereocenters. The molecule has 3 rings (SSSR count). The van der Waals surface area contributed by atoms with Crippen LogP contribution in [0.4, 0.5) is 5.69 Å². The van der Waals surface area contributed by atoms with Gasteiger partial charge in [-0.3, -0.25) is 4.79 Å². The van der Waals surface area contributed by atoms with Crippen molar-refractivity contribution in [1.29, 1.82) is 5.26 Å². The van der Waals surface area contributed by atoms with Gasteiger partial charge in [0.2, 0.25) is 5.91 Å². The summed E-state index contributed by atoms with van der Waals surface area (Å²) >= 11 is 0. The zero-order valence-corrected chi connectivity index (χ0v) is 17.1. The Morgan fingerprint density at radius 3 is 2.29 bits per heavy atom. The van der Waals surface area contributed by atoms with E-state index in [1.807, 2.05) is 30.3 Å². The van der Waals surface area contributed by atoms with Crippen LogP contribution in [0.3, 0.4) is 0 Å². The summed E-state index contributed by atoms with van der Waals surface area (Å²) in [5, 5.41) is 11.6. The Bertz CT molecular complexity index is 1080. The van der Waals surface area contributed by atoms with E-state index < -0.39 is 5.97 Å².